The highest BCUT2D eigenvalue weighted by Crippen LogP contribution is 2.18. The van der Waals surface area contributed by atoms with Gasteiger partial charge >= 0.3 is 11.9 Å². The third-order valence-electron chi connectivity index (χ3n) is 7.20. The van der Waals surface area contributed by atoms with E-state index in [0.29, 0.717) is 43.4 Å². The molecular formula is C30H55NO6. The highest BCUT2D eigenvalue weighted by Gasteiger charge is 2.26. The van der Waals surface area contributed by atoms with Crippen LogP contribution in [0.5, 0.6) is 0 Å². The largest absolute Gasteiger partial charge is 0.550 e. The first kappa shape index (κ1) is 35.1. The van der Waals surface area contributed by atoms with Crippen molar-refractivity contribution in [3.8, 4) is 0 Å². The van der Waals surface area contributed by atoms with Gasteiger partial charge in [0.15, 0.2) is 0 Å². The zero-order valence-electron chi connectivity index (χ0n) is 23.6. The molecule has 7 heteroatoms. The van der Waals surface area contributed by atoms with Gasteiger partial charge in [0.25, 0.3) is 0 Å². The Morgan fingerprint density at radius 3 is 1.38 bits per heavy atom. The molecule has 216 valence electrons. The van der Waals surface area contributed by atoms with Gasteiger partial charge in [-0.25, -0.2) is 0 Å². The lowest BCUT2D eigenvalue weighted by molar-refractivity contribution is -0.929. The van der Waals surface area contributed by atoms with E-state index in [1.807, 2.05) is 0 Å². The number of nitrogens with zero attached hydrogens (tertiary/aromatic N) is 1. The van der Waals surface area contributed by atoms with Crippen LogP contribution >= 0.6 is 0 Å². The van der Waals surface area contributed by atoms with Crippen molar-refractivity contribution >= 4 is 17.9 Å². The maximum absolute atomic E-state index is 11.0. The fraction of sp³-hybridized carbons (Fsp3) is 0.833. The molecule has 0 aliphatic heterocycles. The first-order valence-electron chi connectivity index (χ1n) is 14.9. The number of carboxylic acid groups (broad SMARTS) is 3. The third kappa shape index (κ3) is 24.2. The fourth-order valence-corrected chi connectivity index (χ4v) is 5.04. The predicted octanol–water partition coefficient (Wildman–Crippen LogP) is 6.10. The zero-order valence-corrected chi connectivity index (χ0v) is 23.6. The Hall–Kier alpha value is -1.89. The van der Waals surface area contributed by atoms with Crippen molar-refractivity contribution in [2.45, 2.75) is 135 Å². The van der Waals surface area contributed by atoms with E-state index in [2.05, 4.69) is 19.1 Å². The Balaban J connectivity index is 4.27. The van der Waals surface area contributed by atoms with Crippen LogP contribution in [0.25, 0.3) is 0 Å². The molecule has 0 atom stereocenters. The molecule has 0 unspecified atom stereocenters. The van der Waals surface area contributed by atoms with Crippen molar-refractivity contribution in [3.63, 3.8) is 0 Å². The zero-order chi connectivity index (χ0) is 27.6. The van der Waals surface area contributed by atoms with Crippen molar-refractivity contribution < 1.29 is 34.2 Å². The van der Waals surface area contributed by atoms with Gasteiger partial charge in [-0.15, -0.1) is 0 Å². The van der Waals surface area contributed by atoms with Crippen molar-refractivity contribution in [1.82, 2.24) is 0 Å². The highest BCUT2D eigenvalue weighted by atomic mass is 16.4. The summed E-state index contributed by atoms with van der Waals surface area (Å²) in [6.07, 6.45) is 23.6. The minimum Gasteiger partial charge on any atom is -0.550 e. The number of unbranched alkanes of at least 4 members (excludes halogenated alkanes) is 12. The Bertz CT molecular complexity index is 569. The molecule has 7 nitrogen and oxygen atoms in total. The molecule has 0 radical (unpaired) electrons. The minimum atomic E-state index is -1.08. The van der Waals surface area contributed by atoms with E-state index in [9.17, 15) is 19.5 Å². The summed E-state index contributed by atoms with van der Waals surface area (Å²) < 4.78 is 0.613. The average molecular weight is 526 g/mol. The molecule has 0 saturated carbocycles. The third-order valence-corrected chi connectivity index (χ3v) is 7.20. The van der Waals surface area contributed by atoms with Gasteiger partial charge in [0.1, 0.15) is 0 Å². The second-order valence-electron chi connectivity index (χ2n) is 10.6. The van der Waals surface area contributed by atoms with Gasteiger partial charge in [-0.1, -0.05) is 76.9 Å². The number of hydrogen-bond acceptors (Lipinski definition) is 4. The van der Waals surface area contributed by atoms with Crippen LogP contribution in [0.3, 0.4) is 0 Å². The summed E-state index contributed by atoms with van der Waals surface area (Å²) in [5.74, 6) is -2.75. The number of carbonyl (C=O) groups excluding carboxylic acids is 1. The van der Waals surface area contributed by atoms with Crippen LogP contribution in [-0.4, -0.2) is 58.8 Å². The number of carbonyl (C=O) groups is 3. The molecule has 0 saturated heterocycles. The van der Waals surface area contributed by atoms with E-state index in [0.717, 1.165) is 19.4 Å². The predicted molar refractivity (Wildman–Crippen MR) is 147 cm³/mol. The standard InChI is InChI=1S/C30H55NO6/c1-2-3-4-5-6-7-8-9-10-11-12-13-14-15-16-17-24-31(25-18-21-28(32)33,26-19-22-29(34)35)27-20-23-30(36)37/h5-6H,2-4,7-27H2,1H3,(H2-,32,33,34,35,36,37)/b6-5+. The second kappa shape index (κ2) is 24.4. The van der Waals surface area contributed by atoms with Crippen molar-refractivity contribution in [2.24, 2.45) is 0 Å². The van der Waals surface area contributed by atoms with Crippen LogP contribution in [0.4, 0.5) is 0 Å². The molecule has 0 rings (SSSR count). The van der Waals surface area contributed by atoms with Crippen LogP contribution in [0.15, 0.2) is 12.2 Å². The Morgan fingerprint density at radius 1 is 0.568 bits per heavy atom. The van der Waals surface area contributed by atoms with E-state index < -0.39 is 17.9 Å². The van der Waals surface area contributed by atoms with Crippen LogP contribution < -0.4 is 5.11 Å². The molecular weight excluding hydrogens is 470 g/mol. The van der Waals surface area contributed by atoms with Gasteiger partial charge in [0, 0.05) is 25.2 Å². The molecule has 37 heavy (non-hydrogen) atoms. The molecule has 2 N–H and O–H groups in total. The molecule has 0 aliphatic carbocycles. The monoisotopic (exact) mass is 525 g/mol. The number of hydrogen-bond donors (Lipinski definition) is 2. The fourth-order valence-electron chi connectivity index (χ4n) is 5.04. The quantitative estimate of drug-likeness (QED) is 0.0724. The molecule has 0 aromatic heterocycles. The first-order valence-corrected chi connectivity index (χ1v) is 14.9. The molecule has 0 aliphatic rings. The maximum atomic E-state index is 11.0. The maximum Gasteiger partial charge on any atom is 0.303 e. The number of aliphatic carboxylic acids is 3. The van der Waals surface area contributed by atoms with Crippen molar-refractivity contribution in [1.29, 1.82) is 0 Å². The van der Waals surface area contributed by atoms with Gasteiger partial charge in [-0.2, -0.15) is 0 Å². The summed E-state index contributed by atoms with van der Waals surface area (Å²) in [6.45, 7) is 4.99. The lowest BCUT2D eigenvalue weighted by atomic mass is 10.0. The van der Waals surface area contributed by atoms with Gasteiger partial charge in [-0.3, -0.25) is 9.59 Å². The molecule has 0 fully saturated rings. The van der Waals surface area contributed by atoms with Gasteiger partial charge in [0.05, 0.1) is 39.0 Å². The molecule has 0 aromatic rings. The van der Waals surface area contributed by atoms with Gasteiger partial charge < -0.3 is 24.6 Å². The first-order chi connectivity index (χ1) is 17.8. The second-order valence-corrected chi connectivity index (χ2v) is 10.6. The van der Waals surface area contributed by atoms with E-state index in [1.54, 1.807) is 0 Å². The lowest BCUT2D eigenvalue weighted by Crippen LogP contribution is -2.51. The number of quaternary nitrogens is 1. The van der Waals surface area contributed by atoms with Crippen LogP contribution in [0.2, 0.25) is 0 Å². The number of allylic oxidation sites excluding steroid dienone is 2. The Morgan fingerprint density at radius 2 is 0.946 bits per heavy atom. The van der Waals surface area contributed by atoms with Crippen LogP contribution in [0, 0.1) is 0 Å². The topological polar surface area (TPSA) is 115 Å². The number of rotatable bonds is 28. The SMILES string of the molecule is CCCC/C=C/CCCCCCCCCCCC[N+](CCCC(=O)[O-])(CCCC(=O)O)CCCC(=O)O. The summed E-state index contributed by atoms with van der Waals surface area (Å²) >= 11 is 0. The van der Waals surface area contributed by atoms with E-state index in [4.69, 9.17) is 10.2 Å². The van der Waals surface area contributed by atoms with E-state index in [1.165, 1.54) is 77.0 Å². The number of carboxylic acids is 3. The van der Waals surface area contributed by atoms with Crippen molar-refractivity contribution in [3.05, 3.63) is 12.2 Å². The van der Waals surface area contributed by atoms with E-state index >= 15 is 0 Å². The van der Waals surface area contributed by atoms with Crippen molar-refractivity contribution in [2.75, 3.05) is 26.2 Å². The Labute approximate surface area is 225 Å². The lowest BCUT2D eigenvalue weighted by Gasteiger charge is -2.39. The summed E-state index contributed by atoms with van der Waals surface area (Å²) in [5, 5.41) is 29.1. The molecule has 0 heterocycles. The average Bonchev–Trinajstić information content (AvgIpc) is 2.83. The van der Waals surface area contributed by atoms with Crippen LogP contribution in [-0.2, 0) is 14.4 Å². The summed E-state index contributed by atoms with van der Waals surface area (Å²) in [5.41, 5.74) is 0. The van der Waals surface area contributed by atoms with Crippen LogP contribution in [0.1, 0.15) is 135 Å². The Kier molecular flexibility index (Phi) is 23.2. The molecule has 0 amide bonds. The molecule has 0 spiro atoms. The molecule has 0 aromatic carbocycles. The summed E-state index contributed by atoms with van der Waals surface area (Å²) in [6, 6.07) is 0. The highest BCUT2D eigenvalue weighted by molar-refractivity contribution is 5.66. The smallest absolute Gasteiger partial charge is 0.303 e. The van der Waals surface area contributed by atoms with E-state index in [-0.39, 0.29) is 19.3 Å². The minimum absolute atomic E-state index is 0.0203. The normalized spacial score (nSPS) is 11.8. The summed E-state index contributed by atoms with van der Waals surface area (Å²) in [4.78, 5) is 33.0. The van der Waals surface area contributed by atoms with Gasteiger partial charge in [0.2, 0.25) is 0 Å². The van der Waals surface area contributed by atoms with Gasteiger partial charge in [-0.05, 0) is 38.5 Å². The molecule has 0 bridgehead atoms. The summed E-state index contributed by atoms with van der Waals surface area (Å²) in [7, 11) is 0.